The van der Waals surface area contributed by atoms with Crippen molar-refractivity contribution in [2.45, 2.75) is 13.8 Å². The summed E-state index contributed by atoms with van der Waals surface area (Å²) in [6.45, 7) is 4.67. The predicted octanol–water partition coefficient (Wildman–Crippen LogP) is 4.95. The summed E-state index contributed by atoms with van der Waals surface area (Å²) in [5.41, 5.74) is 3.92. The number of nitro groups is 1. The van der Waals surface area contributed by atoms with Crippen LogP contribution in [0.1, 0.15) is 22.3 Å². The van der Waals surface area contributed by atoms with E-state index in [4.69, 9.17) is 4.74 Å². The Morgan fingerprint density at radius 3 is 2.52 bits per heavy atom. The average molecular weight is 416 g/mol. The number of carbonyl (C=O) groups excluding carboxylic acids is 1. The molecule has 6 nitrogen and oxygen atoms in total. The summed E-state index contributed by atoms with van der Waals surface area (Å²) in [5, 5.41) is 13.9. The maximum absolute atomic E-state index is 12.9. The van der Waals surface area contributed by atoms with Gasteiger partial charge >= 0.3 is 0 Å². The molecule has 0 unspecified atom stereocenters. The van der Waals surface area contributed by atoms with E-state index in [1.807, 2.05) is 62.4 Å². The zero-order valence-corrected chi connectivity index (χ0v) is 17.5. The molecule has 0 spiro atoms. The molecule has 0 atom stereocenters. The molecule has 0 bridgehead atoms. The van der Waals surface area contributed by atoms with Crippen molar-refractivity contribution in [1.82, 2.24) is 5.32 Å². The molecule has 31 heavy (non-hydrogen) atoms. The van der Waals surface area contributed by atoms with Crippen LogP contribution >= 0.6 is 0 Å². The van der Waals surface area contributed by atoms with Crippen LogP contribution in [0.15, 0.2) is 72.8 Å². The smallest absolute Gasteiger partial charge is 0.270 e. The minimum Gasteiger partial charge on any atom is -0.491 e. The van der Waals surface area contributed by atoms with Gasteiger partial charge in [-0.15, -0.1) is 0 Å². The summed E-state index contributed by atoms with van der Waals surface area (Å²) in [7, 11) is 0. The SMILES string of the molecule is Cc1cccc(OCCNC(=O)/C(=C/c2cccc([N+](=O)[O-])c2)c2ccccc2)c1C. The first-order valence-electron chi connectivity index (χ1n) is 9.94. The lowest BCUT2D eigenvalue weighted by Gasteiger charge is -2.13. The van der Waals surface area contributed by atoms with Gasteiger partial charge in [0, 0.05) is 17.7 Å². The van der Waals surface area contributed by atoms with Gasteiger partial charge in [-0.1, -0.05) is 54.6 Å². The number of benzene rings is 3. The van der Waals surface area contributed by atoms with Crippen LogP contribution < -0.4 is 10.1 Å². The average Bonchev–Trinajstić information content (AvgIpc) is 2.78. The van der Waals surface area contributed by atoms with Gasteiger partial charge < -0.3 is 10.1 Å². The number of aryl methyl sites for hydroxylation is 1. The number of nitrogens with one attached hydrogen (secondary N) is 1. The van der Waals surface area contributed by atoms with Gasteiger partial charge in [-0.3, -0.25) is 14.9 Å². The van der Waals surface area contributed by atoms with E-state index in [2.05, 4.69) is 5.32 Å². The van der Waals surface area contributed by atoms with Gasteiger partial charge in [0.15, 0.2) is 0 Å². The maximum Gasteiger partial charge on any atom is 0.270 e. The number of hydrogen-bond donors (Lipinski definition) is 1. The third-order valence-electron chi connectivity index (χ3n) is 4.92. The zero-order valence-electron chi connectivity index (χ0n) is 17.5. The summed E-state index contributed by atoms with van der Waals surface area (Å²) in [5.74, 6) is 0.520. The van der Waals surface area contributed by atoms with Crippen molar-refractivity contribution in [2.24, 2.45) is 0 Å². The molecule has 0 radical (unpaired) electrons. The molecule has 0 aliphatic carbocycles. The molecule has 3 aromatic carbocycles. The highest BCUT2D eigenvalue weighted by molar-refractivity contribution is 6.24. The van der Waals surface area contributed by atoms with E-state index in [0.29, 0.717) is 24.3 Å². The molecule has 0 saturated carbocycles. The van der Waals surface area contributed by atoms with E-state index in [1.165, 1.54) is 12.1 Å². The van der Waals surface area contributed by atoms with E-state index in [9.17, 15) is 14.9 Å². The molecule has 3 rings (SSSR count). The van der Waals surface area contributed by atoms with E-state index < -0.39 is 4.92 Å². The van der Waals surface area contributed by atoms with Crippen molar-refractivity contribution >= 4 is 23.2 Å². The number of ether oxygens (including phenoxy) is 1. The second-order valence-corrected chi connectivity index (χ2v) is 7.08. The van der Waals surface area contributed by atoms with Gasteiger partial charge in [0.2, 0.25) is 0 Å². The molecule has 0 aromatic heterocycles. The van der Waals surface area contributed by atoms with Crippen molar-refractivity contribution in [3.05, 3.63) is 105 Å². The van der Waals surface area contributed by atoms with Crippen LogP contribution in [0.2, 0.25) is 0 Å². The van der Waals surface area contributed by atoms with E-state index in [0.717, 1.165) is 22.4 Å². The standard InChI is InChI=1S/C25H24N2O4/c1-18-8-6-13-24(19(18)2)31-15-14-26-25(28)23(21-10-4-3-5-11-21)17-20-9-7-12-22(16-20)27(29)30/h3-13,16-17H,14-15H2,1-2H3,(H,26,28)/b23-17+. The highest BCUT2D eigenvalue weighted by atomic mass is 16.6. The number of nitro benzene ring substituents is 1. The monoisotopic (exact) mass is 416 g/mol. The Labute approximate surface area is 181 Å². The Bertz CT molecular complexity index is 1110. The van der Waals surface area contributed by atoms with Crippen molar-refractivity contribution < 1.29 is 14.5 Å². The minimum atomic E-state index is -0.454. The van der Waals surface area contributed by atoms with Gasteiger partial charge in [-0.05, 0) is 48.2 Å². The quantitative estimate of drug-likeness (QED) is 0.185. The summed E-state index contributed by atoms with van der Waals surface area (Å²) in [4.78, 5) is 23.5. The van der Waals surface area contributed by atoms with Crippen LogP contribution in [0.3, 0.4) is 0 Å². The molecule has 1 N–H and O–H groups in total. The van der Waals surface area contributed by atoms with Gasteiger partial charge in [0.25, 0.3) is 11.6 Å². The van der Waals surface area contributed by atoms with Crippen LogP contribution in [-0.4, -0.2) is 24.0 Å². The van der Waals surface area contributed by atoms with Gasteiger partial charge in [-0.2, -0.15) is 0 Å². The summed E-state index contributed by atoms with van der Waals surface area (Å²) >= 11 is 0. The molecule has 1 amide bonds. The normalized spacial score (nSPS) is 11.1. The minimum absolute atomic E-state index is 0.0245. The Hall–Kier alpha value is -3.93. The maximum atomic E-state index is 12.9. The molecule has 0 heterocycles. The first kappa shape index (κ1) is 21.8. The zero-order chi connectivity index (χ0) is 22.2. The lowest BCUT2D eigenvalue weighted by Crippen LogP contribution is -2.29. The first-order valence-corrected chi connectivity index (χ1v) is 9.94. The highest BCUT2D eigenvalue weighted by Crippen LogP contribution is 2.22. The van der Waals surface area contributed by atoms with Gasteiger partial charge in [0.1, 0.15) is 12.4 Å². The van der Waals surface area contributed by atoms with Crippen molar-refractivity contribution in [3.8, 4) is 5.75 Å². The Morgan fingerprint density at radius 1 is 1.03 bits per heavy atom. The molecule has 0 fully saturated rings. The summed E-state index contributed by atoms with van der Waals surface area (Å²) in [6, 6.07) is 21.3. The van der Waals surface area contributed by atoms with Crippen molar-refractivity contribution in [3.63, 3.8) is 0 Å². The van der Waals surface area contributed by atoms with Crippen LogP contribution in [0, 0.1) is 24.0 Å². The van der Waals surface area contributed by atoms with E-state index in [-0.39, 0.29) is 11.6 Å². The van der Waals surface area contributed by atoms with E-state index in [1.54, 1.807) is 18.2 Å². The molecular formula is C25H24N2O4. The third-order valence-corrected chi connectivity index (χ3v) is 4.92. The Morgan fingerprint density at radius 2 is 1.77 bits per heavy atom. The second kappa shape index (κ2) is 10.2. The fraction of sp³-hybridized carbons (Fsp3) is 0.160. The number of carbonyl (C=O) groups is 1. The van der Waals surface area contributed by atoms with Crippen molar-refractivity contribution in [2.75, 3.05) is 13.2 Å². The van der Waals surface area contributed by atoms with E-state index >= 15 is 0 Å². The van der Waals surface area contributed by atoms with Crippen LogP contribution in [0.25, 0.3) is 11.6 Å². The Kier molecular flexibility index (Phi) is 7.17. The second-order valence-electron chi connectivity index (χ2n) is 7.08. The Balaban J connectivity index is 1.74. The lowest BCUT2D eigenvalue weighted by atomic mass is 10.0. The first-order chi connectivity index (χ1) is 15.0. The molecule has 0 aliphatic rings. The highest BCUT2D eigenvalue weighted by Gasteiger charge is 2.13. The molecule has 6 heteroatoms. The molecule has 158 valence electrons. The summed E-state index contributed by atoms with van der Waals surface area (Å²) in [6.07, 6.45) is 1.66. The van der Waals surface area contributed by atoms with Crippen LogP contribution in [-0.2, 0) is 4.79 Å². The van der Waals surface area contributed by atoms with Crippen LogP contribution in [0.4, 0.5) is 5.69 Å². The third kappa shape index (κ3) is 5.79. The number of nitrogens with zero attached hydrogens (tertiary/aromatic N) is 1. The molecular weight excluding hydrogens is 392 g/mol. The van der Waals surface area contributed by atoms with Crippen LogP contribution in [0.5, 0.6) is 5.75 Å². The number of non-ortho nitro benzene ring substituents is 1. The molecule has 0 aliphatic heterocycles. The fourth-order valence-electron chi connectivity index (χ4n) is 3.09. The topological polar surface area (TPSA) is 81.5 Å². The van der Waals surface area contributed by atoms with Gasteiger partial charge in [-0.25, -0.2) is 0 Å². The number of hydrogen-bond acceptors (Lipinski definition) is 4. The molecule has 3 aromatic rings. The van der Waals surface area contributed by atoms with Gasteiger partial charge in [0.05, 0.1) is 11.5 Å². The molecule has 0 saturated heterocycles. The van der Waals surface area contributed by atoms with Crippen molar-refractivity contribution in [1.29, 1.82) is 0 Å². The number of rotatable bonds is 8. The number of amides is 1. The fourth-order valence-corrected chi connectivity index (χ4v) is 3.09. The summed E-state index contributed by atoms with van der Waals surface area (Å²) < 4.78 is 5.80. The lowest BCUT2D eigenvalue weighted by molar-refractivity contribution is -0.384. The largest absolute Gasteiger partial charge is 0.491 e. The predicted molar refractivity (Wildman–Crippen MR) is 122 cm³/mol.